The first-order chi connectivity index (χ1) is 8.28. The second-order valence-corrected chi connectivity index (χ2v) is 4.83. The van der Waals surface area contributed by atoms with Crippen LogP contribution in [0.4, 0.5) is 10.1 Å². The van der Waals surface area contributed by atoms with Crippen molar-refractivity contribution in [3.05, 3.63) is 24.0 Å². The van der Waals surface area contributed by atoms with Crippen LogP contribution >= 0.6 is 0 Å². The maximum Gasteiger partial charge on any atom is 0.165 e. The molecule has 2 aliphatic heterocycles. The third kappa shape index (κ3) is 1.86. The molecule has 0 aliphatic carbocycles. The van der Waals surface area contributed by atoms with Gasteiger partial charge in [-0.1, -0.05) is 0 Å². The molecule has 2 fully saturated rings. The molecule has 0 bridgehead atoms. The van der Waals surface area contributed by atoms with Gasteiger partial charge in [-0.2, -0.15) is 0 Å². The zero-order chi connectivity index (χ0) is 11.8. The van der Waals surface area contributed by atoms with Crippen LogP contribution in [0.1, 0.15) is 6.42 Å². The number of anilines is 1. The first-order valence-electron chi connectivity index (χ1n) is 6.10. The van der Waals surface area contributed by atoms with Crippen molar-refractivity contribution in [1.82, 2.24) is 5.32 Å². The van der Waals surface area contributed by atoms with Crippen molar-refractivity contribution in [3.8, 4) is 5.75 Å². The summed E-state index contributed by atoms with van der Waals surface area (Å²) in [5.74, 6) is 0.771. The lowest BCUT2D eigenvalue weighted by Gasteiger charge is -2.20. The highest BCUT2D eigenvalue weighted by molar-refractivity contribution is 5.52. The average molecular weight is 236 g/mol. The van der Waals surface area contributed by atoms with E-state index in [0.29, 0.717) is 11.8 Å². The van der Waals surface area contributed by atoms with E-state index in [1.807, 2.05) is 6.07 Å². The topological polar surface area (TPSA) is 24.5 Å². The molecule has 92 valence electrons. The number of hydrogen-bond donors (Lipinski definition) is 1. The van der Waals surface area contributed by atoms with Crippen molar-refractivity contribution in [3.63, 3.8) is 0 Å². The fourth-order valence-electron chi connectivity index (χ4n) is 2.91. The lowest BCUT2D eigenvalue weighted by Crippen LogP contribution is -2.30. The van der Waals surface area contributed by atoms with Crippen LogP contribution in [0.2, 0.25) is 0 Å². The van der Waals surface area contributed by atoms with E-state index in [1.54, 1.807) is 6.07 Å². The summed E-state index contributed by atoms with van der Waals surface area (Å²) in [5, 5.41) is 3.51. The maximum absolute atomic E-state index is 13.3. The summed E-state index contributed by atoms with van der Waals surface area (Å²) in [4.78, 5) is 2.31. The van der Waals surface area contributed by atoms with Crippen LogP contribution in [0.15, 0.2) is 18.2 Å². The lowest BCUT2D eigenvalue weighted by atomic mass is 10.1. The number of fused-ring (bicyclic) bond motifs is 1. The number of hydrogen-bond acceptors (Lipinski definition) is 3. The third-order valence-corrected chi connectivity index (χ3v) is 3.86. The summed E-state index contributed by atoms with van der Waals surface area (Å²) in [6.45, 7) is 3.21. The lowest BCUT2D eigenvalue weighted by molar-refractivity contribution is 0.386. The molecule has 1 aromatic carbocycles. The zero-order valence-corrected chi connectivity index (χ0v) is 9.95. The number of rotatable bonds is 2. The minimum Gasteiger partial charge on any atom is -0.494 e. The van der Waals surface area contributed by atoms with Gasteiger partial charge in [0, 0.05) is 30.9 Å². The molecule has 0 radical (unpaired) electrons. The van der Waals surface area contributed by atoms with Gasteiger partial charge in [0.15, 0.2) is 11.6 Å². The summed E-state index contributed by atoms with van der Waals surface area (Å²) < 4.78 is 18.4. The fraction of sp³-hybridized carbons (Fsp3) is 0.538. The number of ether oxygens (including phenoxy) is 1. The Morgan fingerprint density at radius 1 is 1.41 bits per heavy atom. The fourth-order valence-corrected chi connectivity index (χ4v) is 2.91. The number of benzene rings is 1. The molecule has 3 nitrogen and oxygen atoms in total. The SMILES string of the molecule is COc1cc(N2CC3CCNC3C2)ccc1F. The Morgan fingerprint density at radius 2 is 2.29 bits per heavy atom. The van der Waals surface area contributed by atoms with E-state index in [2.05, 4.69) is 10.2 Å². The van der Waals surface area contributed by atoms with E-state index in [0.717, 1.165) is 31.2 Å². The zero-order valence-electron chi connectivity index (χ0n) is 9.95. The molecule has 17 heavy (non-hydrogen) atoms. The van der Waals surface area contributed by atoms with Crippen LogP contribution in [0.5, 0.6) is 5.75 Å². The van der Waals surface area contributed by atoms with E-state index in [1.165, 1.54) is 19.6 Å². The predicted octanol–water partition coefficient (Wildman–Crippen LogP) is 1.63. The number of methoxy groups -OCH3 is 1. The standard InChI is InChI=1S/C13H17FN2O/c1-17-13-6-10(2-3-11(13)14)16-7-9-4-5-15-12(9)8-16/h2-3,6,9,12,15H,4-5,7-8H2,1H3. The van der Waals surface area contributed by atoms with Gasteiger partial charge >= 0.3 is 0 Å². The minimum absolute atomic E-state index is 0.297. The molecule has 0 aromatic heterocycles. The molecule has 0 saturated carbocycles. The number of halogens is 1. The highest BCUT2D eigenvalue weighted by Gasteiger charge is 2.36. The van der Waals surface area contributed by atoms with Gasteiger partial charge in [-0.3, -0.25) is 0 Å². The van der Waals surface area contributed by atoms with Crippen molar-refractivity contribution < 1.29 is 9.13 Å². The van der Waals surface area contributed by atoms with Crippen LogP contribution < -0.4 is 15.0 Å². The van der Waals surface area contributed by atoms with Crippen molar-refractivity contribution >= 4 is 5.69 Å². The summed E-state index contributed by atoms with van der Waals surface area (Å²) >= 11 is 0. The Balaban J connectivity index is 1.81. The van der Waals surface area contributed by atoms with E-state index in [4.69, 9.17) is 4.74 Å². The molecule has 2 heterocycles. The number of nitrogens with one attached hydrogen (secondary N) is 1. The van der Waals surface area contributed by atoms with E-state index in [-0.39, 0.29) is 5.82 Å². The highest BCUT2D eigenvalue weighted by atomic mass is 19.1. The highest BCUT2D eigenvalue weighted by Crippen LogP contribution is 2.31. The second kappa shape index (κ2) is 4.18. The molecule has 2 aliphatic rings. The normalized spacial score (nSPS) is 27.3. The Bertz CT molecular complexity index is 412. The molecule has 3 rings (SSSR count). The molecule has 0 spiro atoms. The third-order valence-electron chi connectivity index (χ3n) is 3.86. The van der Waals surface area contributed by atoms with Crippen LogP contribution in [-0.2, 0) is 0 Å². The monoisotopic (exact) mass is 236 g/mol. The molecule has 4 heteroatoms. The van der Waals surface area contributed by atoms with Crippen LogP contribution in [0.25, 0.3) is 0 Å². The van der Waals surface area contributed by atoms with Gasteiger partial charge in [-0.15, -0.1) is 0 Å². The minimum atomic E-state index is -0.297. The second-order valence-electron chi connectivity index (χ2n) is 4.83. The predicted molar refractivity (Wildman–Crippen MR) is 65.1 cm³/mol. The van der Waals surface area contributed by atoms with E-state index in [9.17, 15) is 4.39 Å². The van der Waals surface area contributed by atoms with Gasteiger partial charge in [-0.05, 0) is 31.0 Å². The van der Waals surface area contributed by atoms with Gasteiger partial charge < -0.3 is 15.0 Å². The average Bonchev–Trinajstić information content (AvgIpc) is 2.90. The van der Waals surface area contributed by atoms with Crippen LogP contribution in [0.3, 0.4) is 0 Å². The molecule has 1 N–H and O–H groups in total. The van der Waals surface area contributed by atoms with Crippen LogP contribution in [-0.4, -0.2) is 32.8 Å². The summed E-state index contributed by atoms with van der Waals surface area (Å²) in [7, 11) is 1.50. The van der Waals surface area contributed by atoms with Gasteiger partial charge in [0.25, 0.3) is 0 Å². The molecule has 2 unspecified atom stereocenters. The van der Waals surface area contributed by atoms with Gasteiger partial charge in [0.1, 0.15) is 0 Å². The Labute approximate surface area is 101 Å². The summed E-state index contributed by atoms with van der Waals surface area (Å²) in [6, 6.07) is 5.70. The maximum atomic E-state index is 13.3. The molecular weight excluding hydrogens is 219 g/mol. The van der Waals surface area contributed by atoms with Crippen molar-refractivity contribution in [1.29, 1.82) is 0 Å². The Hall–Kier alpha value is -1.29. The Kier molecular flexibility index (Phi) is 2.67. The van der Waals surface area contributed by atoms with Gasteiger partial charge in [0.2, 0.25) is 0 Å². The van der Waals surface area contributed by atoms with Crippen LogP contribution in [0, 0.1) is 11.7 Å². The molecule has 1 aromatic rings. The van der Waals surface area contributed by atoms with Crippen molar-refractivity contribution in [2.45, 2.75) is 12.5 Å². The first-order valence-corrected chi connectivity index (χ1v) is 6.10. The first kappa shape index (κ1) is 10.8. The number of nitrogens with zero attached hydrogens (tertiary/aromatic N) is 1. The largest absolute Gasteiger partial charge is 0.494 e. The smallest absolute Gasteiger partial charge is 0.165 e. The van der Waals surface area contributed by atoms with E-state index >= 15 is 0 Å². The molecular formula is C13H17FN2O. The Morgan fingerprint density at radius 3 is 3.06 bits per heavy atom. The van der Waals surface area contributed by atoms with Gasteiger partial charge in [0.05, 0.1) is 7.11 Å². The molecule has 2 atom stereocenters. The molecule has 2 saturated heterocycles. The van der Waals surface area contributed by atoms with Gasteiger partial charge in [-0.25, -0.2) is 4.39 Å². The van der Waals surface area contributed by atoms with Crippen molar-refractivity contribution in [2.75, 3.05) is 31.6 Å². The van der Waals surface area contributed by atoms with E-state index < -0.39 is 0 Å². The summed E-state index contributed by atoms with van der Waals surface area (Å²) in [6.07, 6.45) is 1.25. The molecule has 0 amide bonds. The van der Waals surface area contributed by atoms with Crippen molar-refractivity contribution in [2.24, 2.45) is 5.92 Å². The summed E-state index contributed by atoms with van der Waals surface area (Å²) in [5.41, 5.74) is 1.06. The quantitative estimate of drug-likeness (QED) is 0.844.